The van der Waals surface area contributed by atoms with Crippen LogP contribution in [-0.4, -0.2) is 35.1 Å². The topological polar surface area (TPSA) is 76.0 Å². The maximum absolute atomic E-state index is 13.1. The van der Waals surface area contributed by atoms with Crippen molar-refractivity contribution in [1.29, 1.82) is 0 Å². The summed E-state index contributed by atoms with van der Waals surface area (Å²) < 4.78 is 2.93. The van der Waals surface area contributed by atoms with Crippen LogP contribution in [0.5, 0.6) is 0 Å². The fourth-order valence-corrected chi connectivity index (χ4v) is 4.43. The van der Waals surface area contributed by atoms with Crippen molar-refractivity contribution >= 4 is 41.1 Å². The van der Waals surface area contributed by atoms with Crippen molar-refractivity contribution < 1.29 is 9.59 Å². The number of aromatic nitrogens is 2. The van der Waals surface area contributed by atoms with Gasteiger partial charge in [0.05, 0.1) is 30.4 Å². The van der Waals surface area contributed by atoms with E-state index in [2.05, 4.69) is 43.6 Å². The molecule has 0 aliphatic heterocycles. The second-order valence-electron chi connectivity index (χ2n) is 7.39. The lowest BCUT2D eigenvalue weighted by Gasteiger charge is -2.24. The molecule has 1 heterocycles. The molecule has 6 nitrogen and oxygen atoms in total. The van der Waals surface area contributed by atoms with E-state index in [1.165, 1.54) is 13.0 Å². The molecule has 0 bridgehead atoms. The van der Waals surface area contributed by atoms with Gasteiger partial charge in [0.1, 0.15) is 0 Å². The average Bonchev–Trinajstić information content (AvgIpc) is 3.35. The summed E-state index contributed by atoms with van der Waals surface area (Å²) in [5.74, 6) is -0.179. The number of fused-ring (bicyclic) bond motifs is 1. The molecule has 1 amide bonds. The zero-order chi connectivity index (χ0) is 21.1. The summed E-state index contributed by atoms with van der Waals surface area (Å²) in [6.07, 6.45) is 5.99. The number of anilines is 1. The lowest BCUT2D eigenvalue weighted by Crippen LogP contribution is -2.46. The van der Waals surface area contributed by atoms with E-state index in [1.54, 1.807) is 12.5 Å². The molecule has 0 fully saturated rings. The normalized spacial score (nSPS) is 16.0. The Morgan fingerprint density at radius 2 is 2.10 bits per heavy atom. The summed E-state index contributed by atoms with van der Waals surface area (Å²) in [4.78, 5) is 28.2. The molecule has 0 unspecified atom stereocenters. The standard InChI is InChI=1S/C22H21BBrN4O2/c1-28-13-25-11-20(28)15-3-7-17(8-4-15)26-22(30)21(27-23-12-29)18-9-5-14-2-6-16(24)10-19(14)18/h2-4,6-8,10-13,18,21,27H,5,9H2,1H3,(H,26,30)/t18-,21+/m1/s1. The Kier molecular flexibility index (Phi) is 6.15. The molecule has 2 atom stereocenters. The highest BCUT2D eigenvalue weighted by Gasteiger charge is 2.34. The van der Waals surface area contributed by atoms with E-state index in [-0.39, 0.29) is 11.8 Å². The number of hydrogen-bond acceptors (Lipinski definition) is 4. The van der Waals surface area contributed by atoms with Crippen LogP contribution in [0.25, 0.3) is 11.3 Å². The molecule has 1 radical (unpaired) electrons. The van der Waals surface area contributed by atoms with Crippen LogP contribution in [-0.2, 0) is 23.1 Å². The number of nitrogens with zero attached hydrogens (tertiary/aromatic N) is 2. The van der Waals surface area contributed by atoms with Crippen LogP contribution in [0.1, 0.15) is 23.5 Å². The first-order chi connectivity index (χ1) is 14.6. The van der Waals surface area contributed by atoms with Gasteiger partial charge in [0.2, 0.25) is 5.91 Å². The fraction of sp³-hybridized carbons (Fsp3) is 0.227. The number of halogens is 1. The van der Waals surface area contributed by atoms with Crippen molar-refractivity contribution in [2.75, 3.05) is 5.32 Å². The Balaban J connectivity index is 1.53. The number of rotatable bonds is 7. The minimum absolute atomic E-state index is 0.0117. The highest BCUT2D eigenvalue weighted by molar-refractivity contribution is 9.10. The molecule has 2 N–H and O–H groups in total. The fourth-order valence-electron chi connectivity index (χ4n) is 4.05. The maximum Gasteiger partial charge on any atom is 0.291 e. The number of aryl methyl sites for hydroxylation is 2. The predicted octanol–water partition coefficient (Wildman–Crippen LogP) is 3.29. The first-order valence-electron chi connectivity index (χ1n) is 9.76. The highest BCUT2D eigenvalue weighted by atomic mass is 79.9. The van der Waals surface area contributed by atoms with Gasteiger partial charge in [-0.3, -0.25) is 4.79 Å². The number of benzene rings is 2. The molecule has 151 valence electrons. The van der Waals surface area contributed by atoms with E-state index in [9.17, 15) is 9.59 Å². The maximum atomic E-state index is 13.1. The van der Waals surface area contributed by atoms with Gasteiger partial charge < -0.3 is 19.9 Å². The van der Waals surface area contributed by atoms with Gasteiger partial charge in [0.25, 0.3) is 7.41 Å². The van der Waals surface area contributed by atoms with Crippen LogP contribution >= 0.6 is 15.9 Å². The van der Waals surface area contributed by atoms with Crippen molar-refractivity contribution in [3.8, 4) is 11.3 Å². The zero-order valence-electron chi connectivity index (χ0n) is 16.5. The highest BCUT2D eigenvalue weighted by Crippen LogP contribution is 2.37. The van der Waals surface area contributed by atoms with Crippen LogP contribution in [0.15, 0.2) is 59.5 Å². The number of imidazole rings is 1. The molecular weight excluding hydrogens is 443 g/mol. The zero-order valence-corrected chi connectivity index (χ0v) is 18.1. The lowest BCUT2D eigenvalue weighted by molar-refractivity contribution is -0.118. The summed E-state index contributed by atoms with van der Waals surface area (Å²) in [7, 11) is 3.24. The third-order valence-corrected chi connectivity index (χ3v) is 6.02. The molecule has 3 aromatic rings. The van der Waals surface area contributed by atoms with E-state index < -0.39 is 6.04 Å². The number of hydrogen-bond donors (Lipinski definition) is 2. The first-order valence-corrected chi connectivity index (χ1v) is 10.5. The predicted molar refractivity (Wildman–Crippen MR) is 122 cm³/mol. The Morgan fingerprint density at radius 1 is 1.30 bits per heavy atom. The molecule has 0 saturated heterocycles. The van der Waals surface area contributed by atoms with Crippen LogP contribution in [0.3, 0.4) is 0 Å². The van der Waals surface area contributed by atoms with Crippen molar-refractivity contribution in [2.45, 2.75) is 24.8 Å². The summed E-state index contributed by atoms with van der Waals surface area (Å²) >= 11 is 3.52. The third kappa shape index (κ3) is 4.25. The molecular formula is C22H21BBrN4O2. The van der Waals surface area contributed by atoms with E-state index in [1.807, 2.05) is 41.9 Å². The van der Waals surface area contributed by atoms with Crippen molar-refractivity contribution in [2.24, 2.45) is 7.05 Å². The lowest BCUT2D eigenvalue weighted by atomic mass is 9.87. The van der Waals surface area contributed by atoms with Crippen molar-refractivity contribution in [3.63, 3.8) is 0 Å². The molecule has 2 aromatic carbocycles. The van der Waals surface area contributed by atoms with Crippen LogP contribution in [0.2, 0.25) is 0 Å². The molecule has 4 rings (SSSR count). The minimum atomic E-state index is -0.539. The van der Waals surface area contributed by atoms with Gasteiger partial charge in [-0.1, -0.05) is 34.1 Å². The number of nitrogens with one attached hydrogen (secondary N) is 2. The number of carbonyl (C=O) groups excluding carboxylic acids is 2. The van der Waals surface area contributed by atoms with Crippen LogP contribution in [0, 0.1) is 0 Å². The molecule has 30 heavy (non-hydrogen) atoms. The monoisotopic (exact) mass is 463 g/mol. The summed E-state index contributed by atoms with van der Waals surface area (Å²) in [5.41, 5.74) is 5.11. The van der Waals surface area contributed by atoms with E-state index in [4.69, 9.17) is 0 Å². The molecule has 1 aromatic heterocycles. The molecule has 0 spiro atoms. The SMILES string of the molecule is Cn1cncc1-c1ccc(NC(=O)[C@@H](N[B]C=O)[C@@H]2CCc3ccc(Br)cc32)cc1. The van der Waals surface area contributed by atoms with Gasteiger partial charge in [0.15, 0.2) is 0 Å². The average molecular weight is 464 g/mol. The van der Waals surface area contributed by atoms with Gasteiger partial charge in [-0.2, -0.15) is 0 Å². The Bertz CT molecular complexity index is 1070. The van der Waals surface area contributed by atoms with Gasteiger partial charge in [-0.05, 0) is 53.8 Å². The minimum Gasteiger partial charge on any atom is -0.343 e. The van der Waals surface area contributed by atoms with Gasteiger partial charge in [-0.25, -0.2) is 4.98 Å². The van der Waals surface area contributed by atoms with Gasteiger partial charge in [-0.15, -0.1) is 0 Å². The van der Waals surface area contributed by atoms with Gasteiger partial charge in [0, 0.05) is 23.1 Å². The van der Waals surface area contributed by atoms with E-state index in [0.29, 0.717) is 11.9 Å². The smallest absolute Gasteiger partial charge is 0.291 e. The number of carbonyl (C=O) groups is 2. The third-order valence-electron chi connectivity index (χ3n) is 5.53. The van der Waals surface area contributed by atoms with E-state index >= 15 is 0 Å². The largest absolute Gasteiger partial charge is 0.343 e. The molecule has 1 aliphatic carbocycles. The van der Waals surface area contributed by atoms with Gasteiger partial charge >= 0.3 is 0 Å². The molecule has 1 aliphatic rings. The van der Waals surface area contributed by atoms with Crippen molar-refractivity contribution in [3.05, 3.63) is 70.6 Å². The Hall–Kier alpha value is -2.71. The molecule has 8 heteroatoms. The second kappa shape index (κ2) is 8.98. The Labute approximate surface area is 184 Å². The quantitative estimate of drug-likeness (QED) is 0.416. The molecule has 0 saturated carbocycles. The first kappa shape index (κ1) is 20.6. The number of amides is 1. The summed E-state index contributed by atoms with van der Waals surface area (Å²) in [5, 5.41) is 5.99. The summed E-state index contributed by atoms with van der Waals surface area (Å²) in [6.45, 7) is 0. The Morgan fingerprint density at radius 3 is 2.80 bits per heavy atom. The summed E-state index contributed by atoms with van der Waals surface area (Å²) in [6, 6.07) is 13.3. The van der Waals surface area contributed by atoms with Crippen LogP contribution < -0.4 is 10.5 Å². The van der Waals surface area contributed by atoms with Crippen molar-refractivity contribution in [1.82, 2.24) is 14.8 Å². The van der Waals surface area contributed by atoms with Crippen LogP contribution in [0.4, 0.5) is 5.69 Å². The van der Waals surface area contributed by atoms with E-state index in [0.717, 1.165) is 34.1 Å². The second-order valence-corrected chi connectivity index (χ2v) is 8.31.